The van der Waals surface area contributed by atoms with Gasteiger partial charge in [-0.3, -0.25) is 9.59 Å². The van der Waals surface area contributed by atoms with Crippen molar-refractivity contribution in [1.82, 2.24) is 5.32 Å². The number of carbonyl (C=O) groups excluding carboxylic acids is 2. The first-order chi connectivity index (χ1) is 11.0. The van der Waals surface area contributed by atoms with E-state index in [2.05, 4.69) is 25.2 Å². The molecule has 1 unspecified atom stereocenters. The largest absolute Gasteiger partial charge is 0.460 e. The molecule has 126 valence electrons. The van der Waals surface area contributed by atoms with Crippen LogP contribution in [0.3, 0.4) is 0 Å². The standard InChI is InChI=1S/C19H27NO3/c1-4-13-11-16(21)19(3)14(13)8-7-12(2)10-17(19)23-18(22)15-6-5-9-20-15/h7,11,14-15,17,20H,4-6,8-10H2,1-3H3/t14-,15?,17+,19+/m1/s1. The van der Waals surface area contributed by atoms with Crippen LogP contribution in [0.25, 0.3) is 0 Å². The first-order valence-electron chi connectivity index (χ1n) is 8.81. The van der Waals surface area contributed by atoms with Crippen LogP contribution in [-0.4, -0.2) is 30.4 Å². The van der Waals surface area contributed by atoms with Gasteiger partial charge in [-0.1, -0.05) is 24.1 Å². The predicted octanol–water partition coefficient (Wildman–Crippen LogP) is 2.93. The lowest BCUT2D eigenvalue weighted by Gasteiger charge is -2.37. The molecule has 1 saturated heterocycles. The summed E-state index contributed by atoms with van der Waals surface area (Å²) in [6.45, 7) is 7.02. The van der Waals surface area contributed by atoms with Crippen LogP contribution in [0.5, 0.6) is 0 Å². The predicted molar refractivity (Wildman–Crippen MR) is 88.9 cm³/mol. The molecule has 1 aliphatic heterocycles. The number of rotatable bonds is 3. The molecule has 0 amide bonds. The Morgan fingerprint density at radius 3 is 2.91 bits per heavy atom. The van der Waals surface area contributed by atoms with Crippen LogP contribution in [0.15, 0.2) is 23.3 Å². The molecule has 4 atom stereocenters. The molecule has 23 heavy (non-hydrogen) atoms. The van der Waals surface area contributed by atoms with Gasteiger partial charge in [0.2, 0.25) is 0 Å². The Kier molecular flexibility index (Phi) is 4.45. The maximum absolute atomic E-state index is 12.8. The normalized spacial score (nSPS) is 37.0. The molecule has 0 saturated carbocycles. The van der Waals surface area contributed by atoms with Crippen LogP contribution in [0, 0.1) is 11.3 Å². The second-order valence-electron chi connectivity index (χ2n) is 7.34. The summed E-state index contributed by atoms with van der Waals surface area (Å²) in [4.78, 5) is 25.3. The summed E-state index contributed by atoms with van der Waals surface area (Å²) in [6, 6.07) is -0.209. The molecular formula is C19H27NO3. The van der Waals surface area contributed by atoms with Crippen molar-refractivity contribution in [2.75, 3.05) is 6.54 Å². The van der Waals surface area contributed by atoms with Gasteiger partial charge in [-0.25, -0.2) is 0 Å². The molecule has 1 N–H and O–H groups in total. The van der Waals surface area contributed by atoms with Gasteiger partial charge in [0.1, 0.15) is 12.1 Å². The van der Waals surface area contributed by atoms with Crippen LogP contribution in [0.1, 0.15) is 52.9 Å². The fourth-order valence-corrected chi connectivity index (χ4v) is 4.29. The zero-order chi connectivity index (χ0) is 16.6. The second-order valence-corrected chi connectivity index (χ2v) is 7.34. The smallest absolute Gasteiger partial charge is 0.323 e. The lowest BCUT2D eigenvalue weighted by Crippen LogP contribution is -2.46. The number of ketones is 1. The van der Waals surface area contributed by atoms with E-state index in [0.29, 0.717) is 6.42 Å². The van der Waals surface area contributed by atoms with Crippen LogP contribution in [0.2, 0.25) is 0 Å². The SMILES string of the molecule is CCC1=CC(=O)[C@@]2(C)[C@@H](OC(=O)C3CCCN3)CC(C)=CC[C@H]12. The van der Waals surface area contributed by atoms with E-state index < -0.39 is 5.41 Å². The summed E-state index contributed by atoms with van der Waals surface area (Å²) in [5.74, 6) is 0.0892. The molecule has 0 bridgehead atoms. The van der Waals surface area contributed by atoms with Gasteiger partial charge in [0.05, 0.1) is 5.41 Å². The van der Waals surface area contributed by atoms with E-state index in [1.54, 1.807) is 6.08 Å². The average molecular weight is 317 g/mol. The number of hydrogen-bond acceptors (Lipinski definition) is 4. The molecule has 3 rings (SSSR count). The van der Waals surface area contributed by atoms with Gasteiger partial charge in [-0.2, -0.15) is 0 Å². The quantitative estimate of drug-likeness (QED) is 0.642. The van der Waals surface area contributed by atoms with Gasteiger partial charge in [0.15, 0.2) is 5.78 Å². The van der Waals surface area contributed by atoms with E-state index in [1.807, 2.05) is 6.92 Å². The molecule has 0 aromatic heterocycles. The van der Waals surface area contributed by atoms with E-state index in [9.17, 15) is 9.59 Å². The fourth-order valence-electron chi connectivity index (χ4n) is 4.29. The van der Waals surface area contributed by atoms with E-state index in [0.717, 1.165) is 32.2 Å². The number of allylic oxidation sites excluding steroid dienone is 3. The third kappa shape index (κ3) is 2.78. The lowest BCUT2D eigenvalue weighted by atomic mass is 9.70. The van der Waals surface area contributed by atoms with Crippen LogP contribution < -0.4 is 5.32 Å². The van der Waals surface area contributed by atoms with Gasteiger partial charge in [0, 0.05) is 6.42 Å². The van der Waals surface area contributed by atoms with E-state index in [1.165, 1.54) is 11.1 Å². The van der Waals surface area contributed by atoms with Crippen molar-refractivity contribution in [3.05, 3.63) is 23.3 Å². The van der Waals surface area contributed by atoms with Crippen molar-refractivity contribution in [2.24, 2.45) is 11.3 Å². The topological polar surface area (TPSA) is 55.4 Å². The maximum Gasteiger partial charge on any atom is 0.323 e. The molecule has 3 aliphatic rings. The Hall–Kier alpha value is -1.42. The highest BCUT2D eigenvalue weighted by molar-refractivity contribution is 5.99. The minimum Gasteiger partial charge on any atom is -0.460 e. The highest BCUT2D eigenvalue weighted by Crippen LogP contribution is 2.50. The first kappa shape index (κ1) is 16.4. The van der Waals surface area contributed by atoms with Crippen molar-refractivity contribution >= 4 is 11.8 Å². The summed E-state index contributed by atoms with van der Waals surface area (Å²) >= 11 is 0. The van der Waals surface area contributed by atoms with E-state index in [-0.39, 0.29) is 29.8 Å². The molecule has 0 radical (unpaired) electrons. The summed E-state index contributed by atoms with van der Waals surface area (Å²) in [5.41, 5.74) is 1.79. The Bertz CT molecular complexity index is 571. The molecule has 1 fully saturated rings. The fraction of sp³-hybridized carbons (Fsp3) is 0.684. The second kappa shape index (κ2) is 6.23. The van der Waals surface area contributed by atoms with Crippen LogP contribution in [0.4, 0.5) is 0 Å². The highest BCUT2D eigenvalue weighted by Gasteiger charge is 2.53. The molecule has 0 aromatic rings. The Labute approximate surface area is 138 Å². The zero-order valence-electron chi connectivity index (χ0n) is 14.4. The first-order valence-corrected chi connectivity index (χ1v) is 8.81. The number of hydrogen-bond donors (Lipinski definition) is 1. The molecule has 2 aliphatic carbocycles. The van der Waals surface area contributed by atoms with Crippen molar-refractivity contribution in [3.63, 3.8) is 0 Å². The molecule has 4 nitrogen and oxygen atoms in total. The summed E-state index contributed by atoms with van der Waals surface area (Å²) < 4.78 is 5.91. The Morgan fingerprint density at radius 1 is 1.48 bits per heavy atom. The lowest BCUT2D eigenvalue weighted by molar-refractivity contribution is -0.161. The van der Waals surface area contributed by atoms with E-state index >= 15 is 0 Å². The van der Waals surface area contributed by atoms with Crippen molar-refractivity contribution in [2.45, 2.75) is 65.0 Å². The van der Waals surface area contributed by atoms with Crippen LogP contribution >= 0.6 is 0 Å². The van der Waals surface area contributed by atoms with Gasteiger partial charge in [0.25, 0.3) is 0 Å². The van der Waals surface area contributed by atoms with E-state index in [4.69, 9.17) is 4.74 Å². The molecule has 4 heteroatoms. The van der Waals surface area contributed by atoms with Crippen molar-refractivity contribution in [1.29, 1.82) is 0 Å². The third-order valence-electron chi connectivity index (χ3n) is 5.91. The Morgan fingerprint density at radius 2 is 2.26 bits per heavy atom. The molecular weight excluding hydrogens is 290 g/mol. The van der Waals surface area contributed by atoms with Crippen molar-refractivity contribution < 1.29 is 14.3 Å². The number of esters is 1. The van der Waals surface area contributed by atoms with Gasteiger partial charge in [-0.05, 0) is 58.1 Å². The van der Waals surface area contributed by atoms with Gasteiger partial charge >= 0.3 is 5.97 Å². The van der Waals surface area contributed by atoms with Gasteiger partial charge < -0.3 is 10.1 Å². The highest BCUT2D eigenvalue weighted by atomic mass is 16.5. The number of carbonyl (C=O) groups is 2. The van der Waals surface area contributed by atoms with Crippen molar-refractivity contribution in [3.8, 4) is 0 Å². The summed E-state index contributed by atoms with van der Waals surface area (Å²) in [7, 11) is 0. The minimum absolute atomic E-state index is 0.125. The Balaban J connectivity index is 1.86. The third-order valence-corrected chi connectivity index (χ3v) is 5.91. The summed E-state index contributed by atoms with van der Waals surface area (Å²) in [5, 5.41) is 3.19. The molecule has 0 spiro atoms. The molecule has 0 aromatic carbocycles. The summed E-state index contributed by atoms with van der Waals surface area (Å²) in [6.07, 6.45) is 7.88. The number of nitrogens with one attached hydrogen (secondary N) is 1. The number of fused-ring (bicyclic) bond motifs is 1. The molecule has 1 heterocycles. The monoisotopic (exact) mass is 317 g/mol. The minimum atomic E-state index is -0.617. The van der Waals surface area contributed by atoms with Gasteiger partial charge in [-0.15, -0.1) is 0 Å². The average Bonchev–Trinajstić information content (AvgIpc) is 3.10. The maximum atomic E-state index is 12.8. The van der Waals surface area contributed by atoms with Crippen LogP contribution in [-0.2, 0) is 14.3 Å². The zero-order valence-corrected chi connectivity index (χ0v) is 14.4. The number of ether oxygens (including phenoxy) is 1.